The van der Waals surface area contributed by atoms with E-state index < -0.39 is 0 Å². The molecule has 3 heteroatoms. The van der Waals surface area contributed by atoms with Crippen LogP contribution in [0.4, 0.5) is 0 Å². The number of rotatable bonds is 3. The van der Waals surface area contributed by atoms with Gasteiger partial charge in [-0.05, 0) is 53.8 Å². The molecule has 1 heterocycles. The van der Waals surface area contributed by atoms with Gasteiger partial charge in [-0.15, -0.1) is 11.3 Å². The highest BCUT2D eigenvalue weighted by Crippen LogP contribution is 2.32. The van der Waals surface area contributed by atoms with Crippen LogP contribution in [0.25, 0.3) is 10.1 Å². The Labute approximate surface area is 103 Å². The van der Waals surface area contributed by atoms with E-state index in [4.69, 9.17) is 0 Å². The monoisotopic (exact) mass is 283 g/mol. The summed E-state index contributed by atoms with van der Waals surface area (Å²) in [5.41, 5.74) is 0. The summed E-state index contributed by atoms with van der Waals surface area (Å²) in [7, 11) is 2.01. The van der Waals surface area contributed by atoms with Crippen molar-refractivity contribution < 1.29 is 0 Å². The van der Waals surface area contributed by atoms with Crippen LogP contribution in [0.15, 0.2) is 28.7 Å². The van der Waals surface area contributed by atoms with E-state index in [1.165, 1.54) is 19.4 Å². The topological polar surface area (TPSA) is 12.0 Å². The van der Waals surface area contributed by atoms with Gasteiger partial charge in [-0.25, -0.2) is 0 Å². The average molecular weight is 284 g/mol. The lowest BCUT2D eigenvalue weighted by Crippen LogP contribution is -2.22. The molecular weight excluding hydrogens is 270 g/mol. The fourth-order valence-electron chi connectivity index (χ4n) is 1.59. The summed E-state index contributed by atoms with van der Waals surface area (Å²) in [5.74, 6) is 0. The largest absolute Gasteiger partial charge is 0.317 e. The molecule has 1 N–H and O–H groups in total. The van der Waals surface area contributed by atoms with Gasteiger partial charge in [0.2, 0.25) is 0 Å². The first-order valence-electron chi connectivity index (χ1n) is 5.05. The highest BCUT2D eigenvalue weighted by molar-refractivity contribution is 9.10. The summed E-state index contributed by atoms with van der Waals surface area (Å²) in [6, 6.07) is 9.19. The molecule has 0 fully saturated rings. The molecule has 15 heavy (non-hydrogen) atoms. The lowest BCUT2D eigenvalue weighted by molar-refractivity contribution is 0.613. The zero-order valence-electron chi connectivity index (χ0n) is 8.88. The van der Waals surface area contributed by atoms with Crippen LogP contribution < -0.4 is 5.32 Å². The highest BCUT2D eigenvalue weighted by Gasteiger charge is 2.07. The minimum absolute atomic E-state index is 0.539. The van der Waals surface area contributed by atoms with E-state index in [1.807, 2.05) is 18.4 Å². The SMILES string of the molecule is CNC(C)Cc1cc2cccc(Br)c2s1. The van der Waals surface area contributed by atoms with E-state index in [0.717, 1.165) is 6.42 Å². The third-order valence-corrected chi connectivity index (χ3v) is 4.68. The predicted octanol–water partition coefficient (Wildman–Crippen LogP) is 3.81. The van der Waals surface area contributed by atoms with Gasteiger partial charge in [-0.3, -0.25) is 0 Å². The van der Waals surface area contributed by atoms with E-state index in [2.05, 4.69) is 52.4 Å². The third-order valence-electron chi connectivity index (χ3n) is 2.55. The molecule has 0 aliphatic carbocycles. The van der Waals surface area contributed by atoms with E-state index in [9.17, 15) is 0 Å². The van der Waals surface area contributed by atoms with Crippen molar-refractivity contribution in [2.45, 2.75) is 19.4 Å². The van der Waals surface area contributed by atoms with Gasteiger partial charge in [0, 0.05) is 20.1 Å². The van der Waals surface area contributed by atoms with Crippen molar-refractivity contribution in [1.82, 2.24) is 5.32 Å². The van der Waals surface area contributed by atoms with Crippen LogP contribution in [0.3, 0.4) is 0 Å². The van der Waals surface area contributed by atoms with Gasteiger partial charge in [-0.1, -0.05) is 12.1 Å². The Hall–Kier alpha value is -0.380. The smallest absolute Gasteiger partial charge is 0.0487 e. The first-order valence-corrected chi connectivity index (χ1v) is 6.66. The molecule has 80 valence electrons. The number of thiophene rings is 1. The number of hydrogen-bond acceptors (Lipinski definition) is 2. The van der Waals surface area contributed by atoms with Gasteiger partial charge in [-0.2, -0.15) is 0 Å². The Kier molecular flexibility index (Phi) is 3.44. The lowest BCUT2D eigenvalue weighted by atomic mass is 10.2. The lowest BCUT2D eigenvalue weighted by Gasteiger charge is -2.06. The van der Waals surface area contributed by atoms with Gasteiger partial charge in [0.25, 0.3) is 0 Å². The van der Waals surface area contributed by atoms with E-state index in [0.29, 0.717) is 6.04 Å². The van der Waals surface area contributed by atoms with Crippen molar-refractivity contribution in [1.29, 1.82) is 0 Å². The molecule has 0 bridgehead atoms. The van der Waals surface area contributed by atoms with Gasteiger partial charge in [0.15, 0.2) is 0 Å². The molecule has 1 unspecified atom stereocenters. The normalized spacial score (nSPS) is 13.3. The minimum atomic E-state index is 0.539. The van der Waals surface area contributed by atoms with Gasteiger partial charge in [0.05, 0.1) is 0 Å². The van der Waals surface area contributed by atoms with Crippen LogP contribution in [-0.2, 0) is 6.42 Å². The molecule has 0 saturated carbocycles. The first kappa shape index (κ1) is 11.1. The molecule has 0 saturated heterocycles. The first-order chi connectivity index (χ1) is 7.20. The predicted molar refractivity (Wildman–Crippen MR) is 71.8 cm³/mol. The van der Waals surface area contributed by atoms with Crippen molar-refractivity contribution in [3.8, 4) is 0 Å². The number of nitrogens with one attached hydrogen (secondary N) is 1. The van der Waals surface area contributed by atoms with Crippen LogP contribution >= 0.6 is 27.3 Å². The second-order valence-corrected chi connectivity index (χ2v) is 5.76. The number of fused-ring (bicyclic) bond motifs is 1. The maximum atomic E-state index is 3.59. The summed E-state index contributed by atoms with van der Waals surface area (Å²) in [4.78, 5) is 1.44. The van der Waals surface area contributed by atoms with Crippen LogP contribution in [0.5, 0.6) is 0 Å². The zero-order valence-corrected chi connectivity index (χ0v) is 11.3. The van der Waals surface area contributed by atoms with Gasteiger partial charge >= 0.3 is 0 Å². The maximum absolute atomic E-state index is 3.59. The van der Waals surface area contributed by atoms with Crippen molar-refractivity contribution >= 4 is 37.4 Å². The Bertz CT molecular complexity index is 464. The molecule has 0 radical (unpaired) electrons. The van der Waals surface area contributed by atoms with Crippen LogP contribution in [-0.4, -0.2) is 13.1 Å². The summed E-state index contributed by atoms with van der Waals surface area (Å²) >= 11 is 5.47. The molecule has 1 atom stereocenters. The molecule has 0 amide bonds. The number of benzene rings is 1. The minimum Gasteiger partial charge on any atom is -0.317 e. The third kappa shape index (κ3) is 2.41. The Balaban J connectivity index is 2.35. The van der Waals surface area contributed by atoms with Crippen molar-refractivity contribution in [3.05, 3.63) is 33.6 Å². The van der Waals surface area contributed by atoms with Crippen molar-refractivity contribution in [2.75, 3.05) is 7.05 Å². The molecule has 0 spiro atoms. The van der Waals surface area contributed by atoms with Crippen LogP contribution in [0.2, 0.25) is 0 Å². The number of hydrogen-bond donors (Lipinski definition) is 1. The van der Waals surface area contributed by atoms with E-state index in [1.54, 1.807) is 0 Å². The summed E-state index contributed by atoms with van der Waals surface area (Å²) in [6.07, 6.45) is 1.10. The molecule has 1 aromatic heterocycles. The molecule has 0 aliphatic rings. The van der Waals surface area contributed by atoms with Crippen molar-refractivity contribution in [2.24, 2.45) is 0 Å². The Morgan fingerprint density at radius 1 is 1.47 bits per heavy atom. The fraction of sp³-hybridized carbons (Fsp3) is 0.333. The summed E-state index contributed by atoms with van der Waals surface area (Å²) in [6.45, 7) is 2.21. The Morgan fingerprint density at radius 3 is 2.93 bits per heavy atom. The summed E-state index contributed by atoms with van der Waals surface area (Å²) in [5, 5.41) is 4.61. The highest BCUT2D eigenvalue weighted by atomic mass is 79.9. The quantitative estimate of drug-likeness (QED) is 0.903. The van der Waals surface area contributed by atoms with Gasteiger partial charge in [0.1, 0.15) is 0 Å². The standard InChI is InChI=1S/C12H14BrNS/c1-8(14-2)6-10-7-9-4-3-5-11(13)12(9)15-10/h3-5,7-8,14H,6H2,1-2H3. The Morgan fingerprint density at radius 2 is 2.27 bits per heavy atom. The maximum Gasteiger partial charge on any atom is 0.0487 e. The zero-order chi connectivity index (χ0) is 10.8. The molecule has 2 aromatic rings. The van der Waals surface area contributed by atoms with Gasteiger partial charge < -0.3 is 5.32 Å². The van der Waals surface area contributed by atoms with Crippen LogP contribution in [0, 0.1) is 0 Å². The van der Waals surface area contributed by atoms with E-state index >= 15 is 0 Å². The number of likely N-dealkylation sites (N-methyl/N-ethyl adjacent to an activating group) is 1. The second kappa shape index (κ2) is 4.64. The molecule has 1 aromatic carbocycles. The van der Waals surface area contributed by atoms with Crippen LogP contribution in [0.1, 0.15) is 11.8 Å². The van der Waals surface area contributed by atoms with Crippen molar-refractivity contribution in [3.63, 3.8) is 0 Å². The average Bonchev–Trinajstić information content (AvgIpc) is 2.62. The molecule has 1 nitrogen and oxygen atoms in total. The summed E-state index contributed by atoms with van der Waals surface area (Å²) < 4.78 is 2.56. The molecule has 2 rings (SSSR count). The van der Waals surface area contributed by atoms with E-state index in [-0.39, 0.29) is 0 Å². The number of halogens is 1. The molecular formula is C12H14BrNS. The second-order valence-electron chi connectivity index (χ2n) is 3.76. The molecule has 0 aliphatic heterocycles. The fourth-order valence-corrected chi connectivity index (χ4v) is 3.40.